The lowest BCUT2D eigenvalue weighted by atomic mass is 9.98. The molecule has 0 heterocycles. The van der Waals surface area contributed by atoms with Crippen LogP contribution in [0.15, 0.2) is 6.07 Å². The lowest BCUT2D eigenvalue weighted by molar-refractivity contribution is 0.385. The average molecular weight is 266 g/mol. The van der Waals surface area contributed by atoms with E-state index in [9.17, 15) is 0 Å². The van der Waals surface area contributed by atoms with Crippen LogP contribution in [-0.2, 0) is 0 Å². The van der Waals surface area contributed by atoms with Crippen LogP contribution in [0, 0.1) is 13.8 Å². The average Bonchev–Trinajstić information content (AvgIpc) is 2.43. The van der Waals surface area contributed by atoms with Crippen molar-refractivity contribution < 1.29 is 9.47 Å². The Morgan fingerprint density at radius 1 is 1.16 bits per heavy atom. The van der Waals surface area contributed by atoms with Gasteiger partial charge in [0.05, 0.1) is 14.2 Å². The van der Waals surface area contributed by atoms with E-state index in [1.165, 1.54) is 0 Å². The van der Waals surface area contributed by atoms with Gasteiger partial charge >= 0.3 is 0 Å². The summed E-state index contributed by atoms with van der Waals surface area (Å²) in [6.07, 6.45) is 0. The number of benzene rings is 1. The summed E-state index contributed by atoms with van der Waals surface area (Å²) >= 11 is 0. The Bertz CT molecular complexity index is 419. The Morgan fingerprint density at radius 2 is 1.84 bits per heavy atom. The fourth-order valence-electron chi connectivity index (χ4n) is 2.28. The Hall–Kier alpha value is -1.26. The molecule has 0 aliphatic carbocycles. The first-order valence-corrected chi connectivity index (χ1v) is 6.70. The first-order chi connectivity index (χ1) is 9.10. The predicted octanol–water partition coefficient (Wildman–Crippen LogP) is 2.19. The van der Waals surface area contributed by atoms with Crippen LogP contribution in [-0.4, -0.2) is 34.4 Å². The minimum Gasteiger partial charge on any atom is -0.496 e. The van der Waals surface area contributed by atoms with Crippen molar-refractivity contribution in [2.75, 3.05) is 34.4 Å². The molecule has 1 unspecified atom stereocenters. The maximum atomic E-state index is 5.60. The molecule has 0 saturated carbocycles. The van der Waals surface area contributed by atoms with Gasteiger partial charge in [0.1, 0.15) is 11.5 Å². The summed E-state index contributed by atoms with van der Waals surface area (Å²) < 4.78 is 11.1. The summed E-state index contributed by atoms with van der Waals surface area (Å²) in [6, 6.07) is 2.27. The lowest BCUT2D eigenvalue weighted by Gasteiger charge is -2.23. The minimum atomic E-state index is 0.197. The van der Waals surface area contributed by atoms with Gasteiger partial charge in [0.25, 0.3) is 0 Å². The standard InChI is InChI=1S/C15H26N2O2/c1-7-17-9-13(16-4)12-8-14(18-5)10(2)11(3)15(12)19-6/h8,13,16-17H,7,9H2,1-6H3. The van der Waals surface area contributed by atoms with E-state index in [2.05, 4.69) is 37.5 Å². The van der Waals surface area contributed by atoms with Gasteiger partial charge in [-0.2, -0.15) is 0 Å². The highest BCUT2D eigenvalue weighted by Gasteiger charge is 2.19. The summed E-state index contributed by atoms with van der Waals surface area (Å²) in [5, 5.41) is 6.69. The second-order valence-corrected chi connectivity index (χ2v) is 4.60. The maximum absolute atomic E-state index is 5.60. The molecule has 0 bridgehead atoms. The van der Waals surface area contributed by atoms with E-state index in [-0.39, 0.29) is 6.04 Å². The molecule has 0 amide bonds. The third kappa shape index (κ3) is 3.39. The fraction of sp³-hybridized carbons (Fsp3) is 0.600. The first kappa shape index (κ1) is 15.8. The fourth-order valence-corrected chi connectivity index (χ4v) is 2.28. The Kier molecular flexibility index (Phi) is 6.12. The van der Waals surface area contributed by atoms with Crippen LogP contribution < -0.4 is 20.1 Å². The van der Waals surface area contributed by atoms with Crippen molar-refractivity contribution in [2.45, 2.75) is 26.8 Å². The molecular formula is C15H26N2O2. The van der Waals surface area contributed by atoms with Crippen molar-refractivity contribution in [3.63, 3.8) is 0 Å². The molecule has 108 valence electrons. The molecule has 4 heteroatoms. The van der Waals surface area contributed by atoms with Crippen molar-refractivity contribution in [3.05, 3.63) is 22.8 Å². The van der Waals surface area contributed by atoms with Gasteiger partial charge in [-0.3, -0.25) is 0 Å². The molecule has 0 fully saturated rings. The van der Waals surface area contributed by atoms with E-state index < -0.39 is 0 Å². The maximum Gasteiger partial charge on any atom is 0.127 e. The minimum absolute atomic E-state index is 0.197. The summed E-state index contributed by atoms with van der Waals surface area (Å²) in [5.41, 5.74) is 3.39. The van der Waals surface area contributed by atoms with Gasteiger partial charge in [0, 0.05) is 18.2 Å². The molecule has 1 atom stereocenters. The number of likely N-dealkylation sites (N-methyl/N-ethyl adjacent to an activating group) is 2. The van der Waals surface area contributed by atoms with Gasteiger partial charge in [0.15, 0.2) is 0 Å². The van der Waals surface area contributed by atoms with E-state index in [0.717, 1.165) is 41.3 Å². The van der Waals surface area contributed by atoms with E-state index in [0.29, 0.717) is 0 Å². The lowest BCUT2D eigenvalue weighted by Crippen LogP contribution is -2.30. The molecule has 0 aromatic heterocycles. The zero-order valence-corrected chi connectivity index (χ0v) is 12.9. The molecular weight excluding hydrogens is 240 g/mol. The molecule has 1 aromatic carbocycles. The van der Waals surface area contributed by atoms with Gasteiger partial charge in [-0.15, -0.1) is 0 Å². The van der Waals surface area contributed by atoms with Crippen LogP contribution >= 0.6 is 0 Å². The quantitative estimate of drug-likeness (QED) is 0.794. The SMILES string of the molecule is CCNCC(NC)c1cc(OC)c(C)c(C)c1OC. The van der Waals surface area contributed by atoms with Gasteiger partial charge in [-0.1, -0.05) is 6.92 Å². The number of nitrogens with one attached hydrogen (secondary N) is 2. The van der Waals surface area contributed by atoms with Crippen LogP contribution in [0.1, 0.15) is 29.7 Å². The van der Waals surface area contributed by atoms with Crippen LogP contribution in [0.3, 0.4) is 0 Å². The third-order valence-electron chi connectivity index (χ3n) is 3.57. The number of hydrogen-bond acceptors (Lipinski definition) is 4. The summed E-state index contributed by atoms with van der Waals surface area (Å²) in [7, 11) is 5.39. The normalized spacial score (nSPS) is 12.3. The van der Waals surface area contributed by atoms with Crippen molar-refractivity contribution in [3.8, 4) is 11.5 Å². The van der Waals surface area contributed by atoms with Crippen LogP contribution in [0.2, 0.25) is 0 Å². The number of hydrogen-bond donors (Lipinski definition) is 2. The highest BCUT2D eigenvalue weighted by atomic mass is 16.5. The third-order valence-corrected chi connectivity index (χ3v) is 3.57. The van der Waals surface area contributed by atoms with Gasteiger partial charge in [-0.05, 0) is 44.6 Å². The summed E-state index contributed by atoms with van der Waals surface area (Å²) in [6.45, 7) is 8.03. The smallest absolute Gasteiger partial charge is 0.127 e. The number of ether oxygens (including phenoxy) is 2. The van der Waals surface area contributed by atoms with Gasteiger partial charge < -0.3 is 20.1 Å². The molecule has 0 saturated heterocycles. The topological polar surface area (TPSA) is 42.5 Å². The predicted molar refractivity (Wildman–Crippen MR) is 79.4 cm³/mol. The van der Waals surface area contributed by atoms with Crippen LogP contribution in [0.4, 0.5) is 0 Å². The van der Waals surface area contributed by atoms with E-state index >= 15 is 0 Å². The number of rotatable bonds is 7. The second-order valence-electron chi connectivity index (χ2n) is 4.60. The molecule has 0 aliphatic heterocycles. The van der Waals surface area contributed by atoms with E-state index in [1.54, 1.807) is 14.2 Å². The zero-order chi connectivity index (χ0) is 14.4. The molecule has 4 nitrogen and oxygen atoms in total. The second kappa shape index (κ2) is 7.36. The van der Waals surface area contributed by atoms with Gasteiger partial charge in [0.2, 0.25) is 0 Å². The molecule has 0 spiro atoms. The van der Waals surface area contributed by atoms with Gasteiger partial charge in [-0.25, -0.2) is 0 Å². The monoisotopic (exact) mass is 266 g/mol. The Balaban J connectivity index is 3.26. The van der Waals surface area contributed by atoms with Crippen LogP contribution in [0.25, 0.3) is 0 Å². The Labute approximate surface area is 116 Å². The molecule has 1 aromatic rings. The first-order valence-electron chi connectivity index (χ1n) is 6.70. The molecule has 0 aliphatic rings. The number of methoxy groups -OCH3 is 2. The van der Waals surface area contributed by atoms with E-state index in [1.807, 2.05) is 7.05 Å². The molecule has 19 heavy (non-hydrogen) atoms. The van der Waals surface area contributed by atoms with E-state index in [4.69, 9.17) is 9.47 Å². The summed E-state index contributed by atoms with van der Waals surface area (Å²) in [4.78, 5) is 0. The molecule has 0 radical (unpaired) electrons. The zero-order valence-electron chi connectivity index (χ0n) is 12.9. The molecule has 2 N–H and O–H groups in total. The summed E-state index contributed by atoms with van der Waals surface area (Å²) in [5.74, 6) is 1.85. The van der Waals surface area contributed by atoms with Crippen molar-refractivity contribution >= 4 is 0 Å². The largest absolute Gasteiger partial charge is 0.496 e. The Morgan fingerprint density at radius 3 is 2.32 bits per heavy atom. The highest BCUT2D eigenvalue weighted by Crippen LogP contribution is 2.36. The highest BCUT2D eigenvalue weighted by molar-refractivity contribution is 5.53. The van der Waals surface area contributed by atoms with Crippen molar-refractivity contribution in [1.82, 2.24) is 10.6 Å². The molecule has 1 rings (SSSR count). The van der Waals surface area contributed by atoms with Crippen LogP contribution in [0.5, 0.6) is 11.5 Å². The van der Waals surface area contributed by atoms with Crippen molar-refractivity contribution in [1.29, 1.82) is 0 Å². The van der Waals surface area contributed by atoms with Crippen molar-refractivity contribution in [2.24, 2.45) is 0 Å².